The van der Waals surface area contributed by atoms with E-state index in [0.717, 1.165) is 0 Å². The van der Waals surface area contributed by atoms with Crippen LogP contribution in [-0.4, -0.2) is 24.3 Å². The molecule has 0 unspecified atom stereocenters. The van der Waals surface area contributed by atoms with E-state index < -0.39 is 0 Å². The maximum absolute atomic E-state index is 9.47. The molecule has 5 heteroatoms. The predicted molar refractivity (Wildman–Crippen MR) is 74.2 cm³/mol. The smallest absolute Gasteiger partial charge is 0.234 e. The fourth-order valence-electron chi connectivity index (χ4n) is 2.08. The third-order valence-corrected chi connectivity index (χ3v) is 3.01. The van der Waals surface area contributed by atoms with Crippen LogP contribution in [-0.2, 0) is 0 Å². The molecule has 3 aromatic rings. The van der Waals surface area contributed by atoms with Crippen LogP contribution >= 0.6 is 0 Å². The number of methoxy groups -OCH3 is 2. The van der Waals surface area contributed by atoms with Gasteiger partial charge in [-0.25, -0.2) is 4.98 Å². The number of oxazole rings is 1. The van der Waals surface area contributed by atoms with Gasteiger partial charge in [0.25, 0.3) is 0 Å². The molecule has 0 radical (unpaired) electrons. The number of fused-ring (bicyclic) bond motifs is 1. The number of benzene rings is 2. The highest BCUT2D eigenvalue weighted by atomic mass is 16.5. The summed E-state index contributed by atoms with van der Waals surface area (Å²) in [5, 5.41) is 9.47. The van der Waals surface area contributed by atoms with E-state index in [0.29, 0.717) is 34.1 Å². The normalized spacial score (nSPS) is 10.7. The maximum Gasteiger partial charge on any atom is 0.234 e. The van der Waals surface area contributed by atoms with Crippen LogP contribution in [0.2, 0.25) is 0 Å². The first-order chi connectivity index (χ1) is 9.72. The second-order valence-electron chi connectivity index (χ2n) is 4.21. The van der Waals surface area contributed by atoms with E-state index in [2.05, 4.69) is 4.98 Å². The third kappa shape index (κ3) is 1.93. The fraction of sp³-hybridized carbons (Fsp3) is 0.133. The Bertz CT molecular complexity index is 741. The Morgan fingerprint density at radius 2 is 1.75 bits per heavy atom. The molecule has 0 spiro atoms. The molecule has 0 saturated heterocycles. The van der Waals surface area contributed by atoms with Crippen molar-refractivity contribution in [2.45, 2.75) is 0 Å². The van der Waals surface area contributed by atoms with Gasteiger partial charge in [0.1, 0.15) is 28.3 Å². The minimum Gasteiger partial charge on any atom is -0.508 e. The van der Waals surface area contributed by atoms with Crippen LogP contribution < -0.4 is 9.47 Å². The van der Waals surface area contributed by atoms with Gasteiger partial charge in [-0.3, -0.25) is 0 Å². The van der Waals surface area contributed by atoms with Crippen LogP contribution in [0, 0.1) is 0 Å². The van der Waals surface area contributed by atoms with Gasteiger partial charge >= 0.3 is 0 Å². The molecule has 0 amide bonds. The van der Waals surface area contributed by atoms with Crippen molar-refractivity contribution in [2.24, 2.45) is 0 Å². The zero-order valence-corrected chi connectivity index (χ0v) is 11.1. The van der Waals surface area contributed by atoms with Crippen LogP contribution in [0.3, 0.4) is 0 Å². The fourth-order valence-corrected chi connectivity index (χ4v) is 2.08. The van der Waals surface area contributed by atoms with Crippen molar-refractivity contribution in [3.63, 3.8) is 0 Å². The zero-order chi connectivity index (χ0) is 14.1. The minimum atomic E-state index is 0.132. The molecular formula is C15H13NO4. The van der Waals surface area contributed by atoms with Gasteiger partial charge < -0.3 is 19.0 Å². The van der Waals surface area contributed by atoms with Crippen molar-refractivity contribution < 1.29 is 19.0 Å². The van der Waals surface area contributed by atoms with E-state index >= 15 is 0 Å². The van der Waals surface area contributed by atoms with Crippen molar-refractivity contribution in [1.29, 1.82) is 0 Å². The van der Waals surface area contributed by atoms with Crippen molar-refractivity contribution in [3.8, 4) is 28.7 Å². The van der Waals surface area contributed by atoms with Crippen LogP contribution in [0.1, 0.15) is 0 Å². The first-order valence-electron chi connectivity index (χ1n) is 6.04. The molecule has 3 rings (SSSR count). The van der Waals surface area contributed by atoms with Gasteiger partial charge in [0.2, 0.25) is 5.89 Å². The van der Waals surface area contributed by atoms with E-state index in [1.165, 1.54) is 6.07 Å². The second kappa shape index (κ2) is 4.77. The molecular weight excluding hydrogens is 258 g/mol. The van der Waals surface area contributed by atoms with Crippen molar-refractivity contribution in [3.05, 3.63) is 36.4 Å². The monoisotopic (exact) mass is 271 g/mol. The number of hydrogen-bond donors (Lipinski definition) is 1. The summed E-state index contributed by atoms with van der Waals surface area (Å²) in [5.41, 5.74) is 1.81. The summed E-state index contributed by atoms with van der Waals surface area (Å²) in [7, 11) is 3.15. The molecule has 0 aliphatic rings. The molecule has 1 N–H and O–H groups in total. The quantitative estimate of drug-likeness (QED) is 0.792. The standard InChI is InChI=1S/C15H13NO4/c1-18-11-4-3-5-12(19-2)14(11)15-16-10-7-6-9(17)8-13(10)20-15/h3-8,17H,1-2H3. The van der Waals surface area contributed by atoms with E-state index in [1.807, 2.05) is 18.2 Å². The van der Waals surface area contributed by atoms with Gasteiger partial charge in [0.05, 0.1) is 14.2 Å². The highest BCUT2D eigenvalue weighted by Gasteiger charge is 2.18. The predicted octanol–water partition coefficient (Wildman–Crippen LogP) is 3.22. The topological polar surface area (TPSA) is 64.7 Å². The second-order valence-corrected chi connectivity index (χ2v) is 4.21. The summed E-state index contributed by atoms with van der Waals surface area (Å²) in [6.07, 6.45) is 0. The molecule has 2 aromatic carbocycles. The van der Waals surface area contributed by atoms with Crippen molar-refractivity contribution in [2.75, 3.05) is 14.2 Å². The van der Waals surface area contributed by atoms with Gasteiger partial charge in [0, 0.05) is 6.07 Å². The van der Waals surface area contributed by atoms with E-state index in [-0.39, 0.29) is 5.75 Å². The molecule has 0 fully saturated rings. The highest BCUT2D eigenvalue weighted by molar-refractivity contribution is 5.80. The SMILES string of the molecule is COc1cccc(OC)c1-c1nc2ccc(O)cc2o1. The molecule has 5 nitrogen and oxygen atoms in total. The Hall–Kier alpha value is -2.69. The number of ether oxygens (including phenoxy) is 2. The first kappa shape index (κ1) is 12.3. The van der Waals surface area contributed by atoms with Crippen molar-refractivity contribution >= 4 is 11.1 Å². The Balaban J connectivity index is 2.24. The lowest BCUT2D eigenvalue weighted by atomic mass is 10.1. The average molecular weight is 271 g/mol. The van der Waals surface area contributed by atoms with Gasteiger partial charge in [-0.2, -0.15) is 0 Å². The molecule has 0 aliphatic carbocycles. The first-order valence-corrected chi connectivity index (χ1v) is 6.04. The third-order valence-electron chi connectivity index (χ3n) is 3.01. The van der Waals surface area contributed by atoms with Crippen LogP contribution in [0.15, 0.2) is 40.8 Å². The Labute approximate surface area is 115 Å². The maximum atomic E-state index is 9.47. The van der Waals surface area contributed by atoms with E-state index in [1.54, 1.807) is 26.4 Å². The molecule has 0 aliphatic heterocycles. The number of phenols is 1. The molecule has 0 atom stereocenters. The van der Waals surface area contributed by atoms with Gasteiger partial charge in [-0.15, -0.1) is 0 Å². The van der Waals surface area contributed by atoms with E-state index in [4.69, 9.17) is 13.9 Å². The lowest BCUT2D eigenvalue weighted by Gasteiger charge is -2.09. The molecule has 0 bridgehead atoms. The molecule has 102 valence electrons. The number of rotatable bonds is 3. The van der Waals surface area contributed by atoms with Gasteiger partial charge in [0.15, 0.2) is 5.58 Å². The number of aromatic nitrogens is 1. The Morgan fingerprint density at radius 3 is 2.40 bits per heavy atom. The summed E-state index contributed by atoms with van der Waals surface area (Å²) in [6, 6.07) is 10.2. The lowest BCUT2D eigenvalue weighted by Crippen LogP contribution is -1.92. The summed E-state index contributed by atoms with van der Waals surface area (Å²) in [5.74, 6) is 1.74. The number of hydrogen-bond acceptors (Lipinski definition) is 5. The summed E-state index contributed by atoms with van der Waals surface area (Å²) < 4.78 is 16.4. The molecule has 20 heavy (non-hydrogen) atoms. The number of nitrogens with zero attached hydrogens (tertiary/aromatic N) is 1. The molecule has 1 aromatic heterocycles. The number of phenolic OH excluding ortho intramolecular Hbond substituents is 1. The van der Waals surface area contributed by atoms with Gasteiger partial charge in [-0.1, -0.05) is 6.07 Å². The van der Waals surface area contributed by atoms with Crippen LogP contribution in [0.25, 0.3) is 22.6 Å². The Kier molecular flexibility index (Phi) is 2.95. The van der Waals surface area contributed by atoms with E-state index in [9.17, 15) is 5.11 Å². The summed E-state index contributed by atoms with van der Waals surface area (Å²) in [6.45, 7) is 0. The molecule has 0 saturated carbocycles. The summed E-state index contributed by atoms with van der Waals surface area (Å²) >= 11 is 0. The average Bonchev–Trinajstić information content (AvgIpc) is 2.88. The highest BCUT2D eigenvalue weighted by Crippen LogP contribution is 2.39. The lowest BCUT2D eigenvalue weighted by molar-refractivity contribution is 0.394. The Morgan fingerprint density at radius 1 is 1.05 bits per heavy atom. The van der Waals surface area contributed by atoms with Gasteiger partial charge in [-0.05, 0) is 24.3 Å². The summed E-state index contributed by atoms with van der Waals surface area (Å²) in [4.78, 5) is 4.40. The zero-order valence-electron chi connectivity index (χ0n) is 11.1. The number of aromatic hydroxyl groups is 1. The van der Waals surface area contributed by atoms with Crippen LogP contribution in [0.4, 0.5) is 0 Å². The van der Waals surface area contributed by atoms with Crippen LogP contribution in [0.5, 0.6) is 17.2 Å². The minimum absolute atomic E-state index is 0.132. The molecule has 1 heterocycles. The largest absolute Gasteiger partial charge is 0.508 e. The van der Waals surface area contributed by atoms with Crippen molar-refractivity contribution in [1.82, 2.24) is 4.98 Å².